The van der Waals surface area contributed by atoms with Crippen LogP contribution in [0.4, 0.5) is 17.1 Å². The molecule has 3 aromatic rings. The Hall–Kier alpha value is -3.62. The first-order valence-corrected chi connectivity index (χ1v) is 12.0. The van der Waals surface area contributed by atoms with Gasteiger partial charge in [0.2, 0.25) is 0 Å². The van der Waals surface area contributed by atoms with Gasteiger partial charge in [0, 0.05) is 17.7 Å². The Balaban J connectivity index is 1.58. The van der Waals surface area contributed by atoms with Crippen molar-refractivity contribution in [1.29, 1.82) is 0 Å². The molecule has 14 heteroatoms. The molecule has 172 valence electrons. The molecular formula is C20H14N6O5S3. The highest BCUT2D eigenvalue weighted by Crippen LogP contribution is 2.37. The number of nitro benzene ring substituents is 2. The second kappa shape index (κ2) is 9.70. The largest absolute Gasteiger partial charge is 0.300 e. The van der Waals surface area contributed by atoms with Gasteiger partial charge in [0.05, 0.1) is 25.3 Å². The first-order chi connectivity index (χ1) is 16.2. The Morgan fingerprint density at radius 1 is 1.06 bits per heavy atom. The number of carbonyl (C=O) groups excluding carboxylic acids is 1. The molecule has 0 aliphatic carbocycles. The monoisotopic (exact) mass is 514 g/mol. The molecule has 1 amide bonds. The standard InChI is InChI=1S/C20H14N6O5S3/c1-10-3-5-13(9-14(10)25(28)29)21-19-22-18(27)17(33-19)8-12-4-6-16(15(7-12)26(30)31)34-20-24-23-11(2)32-20/h3-9H,1-2H3,(H,21,22,27)/b17-8-. The molecule has 1 fully saturated rings. The second-order valence-electron chi connectivity index (χ2n) is 6.88. The van der Waals surface area contributed by atoms with Gasteiger partial charge in [0.25, 0.3) is 17.3 Å². The summed E-state index contributed by atoms with van der Waals surface area (Å²) in [7, 11) is 0. The first kappa shape index (κ1) is 23.5. The summed E-state index contributed by atoms with van der Waals surface area (Å²) in [6.45, 7) is 3.42. The third-order valence-electron chi connectivity index (χ3n) is 4.45. The third-order valence-corrected chi connectivity index (χ3v) is 7.32. The summed E-state index contributed by atoms with van der Waals surface area (Å²) in [5, 5.41) is 34.3. The number of carbonyl (C=O) groups is 1. The molecule has 0 unspecified atom stereocenters. The number of nitrogens with zero attached hydrogens (tertiary/aromatic N) is 5. The van der Waals surface area contributed by atoms with Gasteiger partial charge < -0.3 is 5.32 Å². The Kier molecular flexibility index (Phi) is 6.72. The van der Waals surface area contributed by atoms with Crippen LogP contribution in [0.2, 0.25) is 0 Å². The highest BCUT2D eigenvalue weighted by Gasteiger charge is 2.25. The minimum atomic E-state index is -0.494. The topological polar surface area (TPSA) is 154 Å². The summed E-state index contributed by atoms with van der Waals surface area (Å²) in [4.78, 5) is 39.1. The van der Waals surface area contributed by atoms with E-state index in [0.29, 0.717) is 26.0 Å². The predicted molar refractivity (Wildman–Crippen MR) is 131 cm³/mol. The van der Waals surface area contributed by atoms with E-state index in [4.69, 9.17) is 0 Å². The van der Waals surface area contributed by atoms with Crippen LogP contribution in [-0.4, -0.2) is 31.1 Å². The van der Waals surface area contributed by atoms with Crippen LogP contribution < -0.4 is 5.32 Å². The summed E-state index contributed by atoms with van der Waals surface area (Å²) in [5.74, 6) is -0.421. The van der Waals surface area contributed by atoms with Crippen molar-refractivity contribution in [2.24, 2.45) is 4.99 Å². The lowest BCUT2D eigenvalue weighted by atomic mass is 10.2. The molecule has 0 saturated carbocycles. The number of hydrogen-bond acceptors (Lipinski definition) is 11. The zero-order valence-corrected chi connectivity index (χ0v) is 20.0. The number of amides is 1. The van der Waals surface area contributed by atoms with Crippen molar-refractivity contribution in [1.82, 2.24) is 15.5 Å². The molecule has 1 aromatic heterocycles. The summed E-state index contributed by atoms with van der Waals surface area (Å²) in [6.07, 6.45) is 1.52. The summed E-state index contributed by atoms with van der Waals surface area (Å²) in [6, 6.07) is 9.18. The Labute approximate surface area is 204 Å². The number of rotatable bonds is 6. The first-order valence-electron chi connectivity index (χ1n) is 9.50. The zero-order chi connectivity index (χ0) is 24.4. The van der Waals surface area contributed by atoms with E-state index in [1.807, 2.05) is 0 Å². The van der Waals surface area contributed by atoms with Crippen LogP contribution in [-0.2, 0) is 4.79 Å². The summed E-state index contributed by atoms with van der Waals surface area (Å²) < 4.78 is 0.592. The Bertz CT molecular complexity index is 1400. The van der Waals surface area contributed by atoms with Gasteiger partial charge in [-0.1, -0.05) is 35.2 Å². The average Bonchev–Trinajstić information content (AvgIpc) is 3.34. The molecule has 0 atom stereocenters. The van der Waals surface area contributed by atoms with Gasteiger partial charge in [-0.05, 0) is 49.4 Å². The fourth-order valence-electron chi connectivity index (χ4n) is 2.88. The number of nitro groups is 2. The number of aliphatic imine (C=N–C) groups is 1. The van der Waals surface area contributed by atoms with Crippen molar-refractivity contribution in [2.45, 2.75) is 23.1 Å². The average molecular weight is 515 g/mol. The van der Waals surface area contributed by atoms with Gasteiger partial charge >= 0.3 is 0 Å². The van der Waals surface area contributed by atoms with Gasteiger partial charge in [0.15, 0.2) is 9.51 Å². The van der Waals surface area contributed by atoms with Crippen LogP contribution in [0, 0.1) is 34.1 Å². The predicted octanol–water partition coefficient (Wildman–Crippen LogP) is 5.01. The number of hydrogen-bond donors (Lipinski definition) is 1. The van der Waals surface area contributed by atoms with E-state index in [1.54, 1.807) is 38.1 Å². The van der Waals surface area contributed by atoms with Crippen molar-refractivity contribution in [2.75, 3.05) is 0 Å². The van der Waals surface area contributed by atoms with Crippen LogP contribution in [0.25, 0.3) is 6.08 Å². The van der Waals surface area contributed by atoms with Crippen LogP contribution in [0.5, 0.6) is 0 Å². The van der Waals surface area contributed by atoms with Crippen molar-refractivity contribution in [3.8, 4) is 0 Å². The Morgan fingerprint density at radius 2 is 1.82 bits per heavy atom. The number of amidine groups is 1. The number of benzene rings is 2. The van der Waals surface area contributed by atoms with Crippen LogP contribution in [0.1, 0.15) is 16.1 Å². The van der Waals surface area contributed by atoms with Crippen molar-refractivity contribution in [3.63, 3.8) is 0 Å². The third kappa shape index (κ3) is 5.30. The minimum absolute atomic E-state index is 0.0686. The van der Waals surface area contributed by atoms with E-state index < -0.39 is 15.8 Å². The molecule has 34 heavy (non-hydrogen) atoms. The van der Waals surface area contributed by atoms with Crippen LogP contribution in [0.3, 0.4) is 0 Å². The van der Waals surface area contributed by atoms with E-state index >= 15 is 0 Å². The van der Waals surface area contributed by atoms with Gasteiger partial charge in [-0.15, -0.1) is 10.2 Å². The number of aryl methyl sites for hydroxylation is 2. The highest BCUT2D eigenvalue weighted by molar-refractivity contribution is 8.18. The SMILES string of the molecule is Cc1nnc(Sc2ccc(/C=C3\SC(=Nc4ccc(C)c([N+](=O)[O-])c4)NC3=O)cc2[N+](=O)[O-])s1. The molecule has 4 rings (SSSR count). The number of nitrogens with one attached hydrogen (secondary N) is 1. The quantitative estimate of drug-likeness (QED) is 0.271. The molecule has 1 N–H and O–H groups in total. The fraction of sp³-hybridized carbons (Fsp3) is 0.100. The molecule has 1 saturated heterocycles. The lowest BCUT2D eigenvalue weighted by Crippen LogP contribution is -2.19. The summed E-state index contributed by atoms with van der Waals surface area (Å²) >= 11 is 3.53. The molecule has 0 bridgehead atoms. The minimum Gasteiger partial charge on any atom is -0.300 e. The van der Waals surface area contributed by atoms with Crippen LogP contribution in [0.15, 0.2) is 55.5 Å². The molecule has 2 heterocycles. The van der Waals surface area contributed by atoms with Gasteiger partial charge in [-0.3, -0.25) is 25.0 Å². The Morgan fingerprint density at radius 3 is 2.50 bits per heavy atom. The van der Waals surface area contributed by atoms with Gasteiger partial charge in [-0.2, -0.15) is 0 Å². The maximum atomic E-state index is 12.4. The molecule has 0 spiro atoms. The molecule has 1 aliphatic heterocycles. The lowest BCUT2D eigenvalue weighted by Gasteiger charge is -2.02. The van der Waals surface area contributed by atoms with Crippen molar-refractivity contribution in [3.05, 3.63) is 77.7 Å². The lowest BCUT2D eigenvalue weighted by molar-refractivity contribution is -0.387. The van der Waals surface area contributed by atoms with Crippen molar-refractivity contribution >= 4 is 69.1 Å². The summed E-state index contributed by atoms with van der Waals surface area (Å²) in [5.41, 5.74) is 1.11. The maximum absolute atomic E-state index is 12.4. The van der Waals surface area contributed by atoms with Crippen LogP contribution >= 0.6 is 34.9 Å². The normalized spacial score (nSPS) is 15.6. The molecule has 11 nitrogen and oxygen atoms in total. The van der Waals surface area contributed by atoms with E-state index in [2.05, 4.69) is 20.5 Å². The fourth-order valence-corrected chi connectivity index (χ4v) is 5.58. The van der Waals surface area contributed by atoms with E-state index in [9.17, 15) is 25.0 Å². The van der Waals surface area contributed by atoms with Crippen molar-refractivity contribution < 1.29 is 14.6 Å². The highest BCUT2D eigenvalue weighted by atomic mass is 32.2. The van der Waals surface area contributed by atoms with E-state index in [1.165, 1.54) is 29.5 Å². The molecular weight excluding hydrogens is 500 g/mol. The van der Waals surface area contributed by atoms with E-state index in [0.717, 1.165) is 28.5 Å². The smallest absolute Gasteiger partial charge is 0.283 e. The maximum Gasteiger partial charge on any atom is 0.283 e. The van der Waals surface area contributed by atoms with E-state index in [-0.39, 0.29) is 21.4 Å². The number of thioether (sulfide) groups is 1. The molecule has 1 aliphatic rings. The molecule has 2 aromatic carbocycles. The molecule has 0 radical (unpaired) electrons. The van der Waals surface area contributed by atoms with Gasteiger partial charge in [-0.25, -0.2) is 4.99 Å². The van der Waals surface area contributed by atoms with Gasteiger partial charge in [0.1, 0.15) is 5.01 Å². The zero-order valence-electron chi connectivity index (χ0n) is 17.5. The number of aromatic nitrogens is 2. The second-order valence-corrected chi connectivity index (χ2v) is 10.4.